The molecule has 0 fully saturated rings. The molecule has 60 valence electrons. The first-order valence-corrected chi connectivity index (χ1v) is 4.57. The first-order chi connectivity index (χ1) is 5.15. The summed E-state index contributed by atoms with van der Waals surface area (Å²) in [7, 11) is 0. The number of hydrogen-bond donors (Lipinski definition) is 2. The van der Waals surface area contributed by atoms with E-state index in [0.29, 0.717) is 0 Å². The van der Waals surface area contributed by atoms with Crippen LogP contribution in [0.4, 0.5) is 11.4 Å². The molecular weight excluding hydrogens is 156 g/mol. The average Bonchev–Trinajstić information content (AvgIpc) is 1.97. The molecule has 2 nitrogen and oxygen atoms in total. The van der Waals surface area contributed by atoms with Crippen molar-refractivity contribution in [3.05, 3.63) is 17.7 Å². The van der Waals surface area contributed by atoms with E-state index in [0.717, 1.165) is 21.8 Å². The van der Waals surface area contributed by atoms with Gasteiger partial charge in [-0.15, -0.1) is 11.8 Å². The van der Waals surface area contributed by atoms with Gasteiger partial charge in [-0.1, -0.05) is 0 Å². The molecule has 0 heterocycles. The first-order valence-electron chi connectivity index (χ1n) is 3.34. The Morgan fingerprint density at radius 1 is 1.18 bits per heavy atom. The minimum absolute atomic E-state index is 0.764. The van der Waals surface area contributed by atoms with Crippen LogP contribution in [-0.2, 0) is 0 Å². The highest BCUT2D eigenvalue weighted by Gasteiger charge is 2.00. The van der Waals surface area contributed by atoms with Gasteiger partial charge < -0.3 is 11.5 Å². The SMILES string of the molecule is CSc1cc(C)c(N)cc1N. The highest BCUT2D eigenvalue weighted by Crippen LogP contribution is 2.27. The molecule has 0 amide bonds. The number of hydrogen-bond acceptors (Lipinski definition) is 3. The van der Waals surface area contributed by atoms with Crippen molar-refractivity contribution in [3.63, 3.8) is 0 Å². The normalized spacial score (nSPS) is 10.0. The number of nitrogen functional groups attached to an aromatic ring is 2. The molecule has 0 unspecified atom stereocenters. The van der Waals surface area contributed by atoms with Crippen LogP contribution in [0, 0.1) is 6.92 Å². The third-order valence-corrected chi connectivity index (χ3v) is 2.41. The van der Waals surface area contributed by atoms with Crippen molar-refractivity contribution in [2.24, 2.45) is 0 Å². The second kappa shape index (κ2) is 3.05. The fraction of sp³-hybridized carbons (Fsp3) is 0.250. The van der Waals surface area contributed by atoms with Gasteiger partial charge in [-0.25, -0.2) is 0 Å². The van der Waals surface area contributed by atoms with E-state index >= 15 is 0 Å². The fourth-order valence-corrected chi connectivity index (χ4v) is 1.48. The number of nitrogens with two attached hydrogens (primary N) is 2. The zero-order valence-corrected chi connectivity index (χ0v) is 7.53. The van der Waals surface area contributed by atoms with Gasteiger partial charge in [-0.3, -0.25) is 0 Å². The Bertz CT molecular complexity index is 271. The van der Waals surface area contributed by atoms with Gasteiger partial charge in [0.2, 0.25) is 0 Å². The third-order valence-electron chi connectivity index (χ3n) is 1.62. The molecule has 1 rings (SSSR count). The lowest BCUT2D eigenvalue weighted by Crippen LogP contribution is -1.94. The fourth-order valence-electron chi connectivity index (χ4n) is 0.893. The van der Waals surface area contributed by atoms with Crippen LogP contribution in [0.5, 0.6) is 0 Å². The molecule has 1 aromatic carbocycles. The summed E-state index contributed by atoms with van der Waals surface area (Å²) in [4.78, 5) is 1.09. The molecule has 0 saturated carbocycles. The summed E-state index contributed by atoms with van der Waals surface area (Å²) in [6.45, 7) is 1.98. The summed E-state index contributed by atoms with van der Waals surface area (Å²) in [5.74, 6) is 0. The molecule has 0 aromatic heterocycles. The van der Waals surface area contributed by atoms with Crippen LogP contribution in [0.15, 0.2) is 17.0 Å². The minimum Gasteiger partial charge on any atom is -0.398 e. The largest absolute Gasteiger partial charge is 0.398 e. The van der Waals surface area contributed by atoms with E-state index in [1.54, 1.807) is 17.8 Å². The molecule has 0 spiro atoms. The van der Waals surface area contributed by atoms with Crippen LogP contribution in [0.25, 0.3) is 0 Å². The molecule has 0 aliphatic carbocycles. The van der Waals surface area contributed by atoms with Crippen molar-refractivity contribution in [1.29, 1.82) is 0 Å². The van der Waals surface area contributed by atoms with Gasteiger partial charge in [-0.2, -0.15) is 0 Å². The summed E-state index contributed by atoms with van der Waals surface area (Å²) >= 11 is 1.64. The molecule has 1 aromatic rings. The van der Waals surface area contributed by atoms with Crippen LogP contribution >= 0.6 is 11.8 Å². The second-order valence-electron chi connectivity index (χ2n) is 2.45. The molecule has 0 bridgehead atoms. The molecular formula is C8H12N2S. The van der Waals surface area contributed by atoms with Gasteiger partial charge in [0.1, 0.15) is 0 Å². The van der Waals surface area contributed by atoms with Crippen LogP contribution in [-0.4, -0.2) is 6.26 Å². The van der Waals surface area contributed by atoms with E-state index in [4.69, 9.17) is 11.5 Å². The lowest BCUT2D eigenvalue weighted by molar-refractivity contribution is 1.37. The Labute approximate surface area is 71.0 Å². The molecule has 0 atom stereocenters. The molecule has 0 radical (unpaired) electrons. The lowest BCUT2D eigenvalue weighted by Gasteiger charge is -2.05. The molecule has 11 heavy (non-hydrogen) atoms. The number of anilines is 2. The molecule has 3 heteroatoms. The molecule has 0 aliphatic rings. The van der Waals surface area contributed by atoms with Crippen LogP contribution in [0.1, 0.15) is 5.56 Å². The zero-order valence-electron chi connectivity index (χ0n) is 6.72. The van der Waals surface area contributed by atoms with Crippen molar-refractivity contribution >= 4 is 23.1 Å². The summed E-state index contributed by atoms with van der Waals surface area (Å²) in [5.41, 5.74) is 14.0. The maximum Gasteiger partial charge on any atom is 0.0472 e. The van der Waals surface area contributed by atoms with Crippen molar-refractivity contribution < 1.29 is 0 Å². The second-order valence-corrected chi connectivity index (χ2v) is 3.30. The Kier molecular flexibility index (Phi) is 2.29. The van der Waals surface area contributed by atoms with E-state index in [9.17, 15) is 0 Å². The van der Waals surface area contributed by atoms with Crippen molar-refractivity contribution in [2.45, 2.75) is 11.8 Å². The van der Waals surface area contributed by atoms with Gasteiger partial charge in [0.15, 0.2) is 0 Å². The molecule has 0 aliphatic heterocycles. The van der Waals surface area contributed by atoms with E-state index < -0.39 is 0 Å². The van der Waals surface area contributed by atoms with Crippen molar-refractivity contribution in [2.75, 3.05) is 17.7 Å². The number of aryl methyl sites for hydroxylation is 1. The van der Waals surface area contributed by atoms with E-state index in [-0.39, 0.29) is 0 Å². The number of thioether (sulfide) groups is 1. The van der Waals surface area contributed by atoms with Gasteiger partial charge in [-0.05, 0) is 30.9 Å². The minimum atomic E-state index is 0.764. The summed E-state index contributed by atoms with van der Waals surface area (Å²) in [5, 5.41) is 0. The quantitative estimate of drug-likeness (QED) is 0.497. The van der Waals surface area contributed by atoms with E-state index in [1.807, 2.05) is 19.2 Å². The van der Waals surface area contributed by atoms with Crippen LogP contribution in [0.3, 0.4) is 0 Å². The number of rotatable bonds is 1. The maximum atomic E-state index is 5.70. The van der Waals surface area contributed by atoms with Gasteiger partial charge >= 0.3 is 0 Å². The summed E-state index contributed by atoms with van der Waals surface area (Å²) in [6, 6.07) is 3.82. The van der Waals surface area contributed by atoms with Gasteiger partial charge in [0.25, 0.3) is 0 Å². The number of benzene rings is 1. The van der Waals surface area contributed by atoms with Crippen molar-refractivity contribution in [1.82, 2.24) is 0 Å². The zero-order chi connectivity index (χ0) is 8.43. The van der Waals surface area contributed by atoms with E-state index in [1.165, 1.54) is 0 Å². The van der Waals surface area contributed by atoms with Gasteiger partial charge in [0, 0.05) is 16.3 Å². The van der Waals surface area contributed by atoms with Crippen LogP contribution < -0.4 is 11.5 Å². The summed E-state index contributed by atoms with van der Waals surface area (Å²) in [6.07, 6.45) is 2.00. The highest BCUT2D eigenvalue weighted by atomic mass is 32.2. The Hall–Kier alpha value is -0.830. The van der Waals surface area contributed by atoms with Crippen molar-refractivity contribution in [3.8, 4) is 0 Å². The summed E-state index contributed by atoms with van der Waals surface area (Å²) < 4.78 is 0. The third kappa shape index (κ3) is 1.60. The monoisotopic (exact) mass is 168 g/mol. The van der Waals surface area contributed by atoms with Gasteiger partial charge in [0.05, 0.1) is 0 Å². The average molecular weight is 168 g/mol. The highest BCUT2D eigenvalue weighted by molar-refractivity contribution is 7.98. The topological polar surface area (TPSA) is 52.0 Å². The standard InChI is InChI=1S/C8H12N2S/c1-5-3-8(11-2)7(10)4-6(5)9/h3-4H,9-10H2,1-2H3. The molecule has 0 saturated heterocycles. The Morgan fingerprint density at radius 2 is 1.82 bits per heavy atom. The Balaban J connectivity index is 3.21. The smallest absolute Gasteiger partial charge is 0.0472 e. The van der Waals surface area contributed by atoms with E-state index in [2.05, 4.69) is 0 Å². The predicted molar refractivity (Wildman–Crippen MR) is 51.8 cm³/mol. The van der Waals surface area contributed by atoms with Crippen LogP contribution in [0.2, 0.25) is 0 Å². The predicted octanol–water partition coefficient (Wildman–Crippen LogP) is 1.88. The molecule has 4 N–H and O–H groups in total. The first kappa shape index (κ1) is 8.27. The Morgan fingerprint density at radius 3 is 2.36 bits per heavy atom. The maximum absolute atomic E-state index is 5.70. The lowest BCUT2D eigenvalue weighted by atomic mass is 10.2.